The van der Waals surface area contributed by atoms with Crippen LogP contribution in [0, 0.1) is 0 Å². The van der Waals surface area contributed by atoms with Gasteiger partial charge >= 0.3 is 0 Å². The van der Waals surface area contributed by atoms with Gasteiger partial charge in [0.1, 0.15) is 11.9 Å². The second kappa shape index (κ2) is 8.43. The third-order valence-electron chi connectivity index (χ3n) is 5.46. The summed E-state index contributed by atoms with van der Waals surface area (Å²) >= 11 is 0. The quantitative estimate of drug-likeness (QED) is 0.599. The van der Waals surface area contributed by atoms with E-state index in [1.54, 1.807) is 11.8 Å². The molecule has 7 nitrogen and oxygen atoms in total. The highest BCUT2D eigenvalue weighted by molar-refractivity contribution is 6.00. The molecule has 0 spiro atoms. The third kappa shape index (κ3) is 3.99. The first kappa shape index (κ1) is 19.1. The van der Waals surface area contributed by atoms with Gasteiger partial charge in [0.15, 0.2) is 5.65 Å². The number of nitrogens with one attached hydrogen (secondary N) is 1. The van der Waals surface area contributed by atoms with Crippen molar-refractivity contribution in [1.82, 2.24) is 24.8 Å². The summed E-state index contributed by atoms with van der Waals surface area (Å²) in [5.41, 5.74) is 2.55. The maximum absolute atomic E-state index is 12.5. The number of aromatic nitrogens is 3. The zero-order valence-corrected chi connectivity index (χ0v) is 16.5. The molecule has 2 amide bonds. The smallest absolute Gasteiger partial charge is 0.255 e. The molecule has 1 aromatic carbocycles. The number of pyridine rings is 1. The Morgan fingerprint density at radius 2 is 1.93 bits per heavy atom. The number of nitrogens with zero attached hydrogens (tertiary/aromatic N) is 4. The molecular formula is C22H25N5O2. The van der Waals surface area contributed by atoms with Crippen molar-refractivity contribution in [3.8, 4) is 0 Å². The molecule has 2 aromatic heterocycles. The summed E-state index contributed by atoms with van der Waals surface area (Å²) in [6.45, 7) is 2.89. The van der Waals surface area contributed by atoms with E-state index in [9.17, 15) is 9.59 Å². The number of aryl methyl sites for hydroxylation is 1. The maximum atomic E-state index is 12.5. The Balaban J connectivity index is 1.18. The molecule has 4 rings (SSSR count). The molecule has 29 heavy (non-hydrogen) atoms. The summed E-state index contributed by atoms with van der Waals surface area (Å²) in [5.74, 6) is 0.795. The summed E-state index contributed by atoms with van der Waals surface area (Å²) < 4.78 is 2.01. The fourth-order valence-corrected chi connectivity index (χ4v) is 3.74. The van der Waals surface area contributed by atoms with E-state index in [0.717, 1.165) is 42.7 Å². The third-order valence-corrected chi connectivity index (χ3v) is 5.46. The van der Waals surface area contributed by atoms with Gasteiger partial charge < -0.3 is 10.2 Å². The Morgan fingerprint density at radius 3 is 2.79 bits per heavy atom. The second-order valence-electron chi connectivity index (χ2n) is 7.41. The number of unbranched alkanes of at least 4 members (excludes halogenated alkanes) is 2. The molecule has 150 valence electrons. The van der Waals surface area contributed by atoms with Gasteiger partial charge in [-0.05, 0) is 43.5 Å². The van der Waals surface area contributed by atoms with Crippen LogP contribution in [0.15, 0.2) is 48.7 Å². The predicted molar refractivity (Wildman–Crippen MR) is 109 cm³/mol. The van der Waals surface area contributed by atoms with Crippen molar-refractivity contribution in [2.24, 2.45) is 0 Å². The Morgan fingerprint density at radius 1 is 1.10 bits per heavy atom. The van der Waals surface area contributed by atoms with Gasteiger partial charge in [0.2, 0.25) is 5.91 Å². The SMILES string of the molecule is C[C@@H](C(=O)NCCCCCc1nnc2ccccn12)N1Cc2ccccc2C1=O. The van der Waals surface area contributed by atoms with Gasteiger partial charge in [-0.2, -0.15) is 0 Å². The first-order valence-electron chi connectivity index (χ1n) is 10.1. The van der Waals surface area contributed by atoms with E-state index in [4.69, 9.17) is 0 Å². The highest BCUT2D eigenvalue weighted by atomic mass is 16.2. The molecular weight excluding hydrogens is 366 g/mol. The Kier molecular flexibility index (Phi) is 5.55. The van der Waals surface area contributed by atoms with Crippen LogP contribution >= 0.6 is 0 Å². The van der Waals surface area contributed by atoms with Crippen molar-refractivity contribution in [3.63, 3.8) is 0 Å². The average molecular weight is 391 g/mol. The van der Waals surface area contributed by atoms with Crippen LogP contribution in [0.25, 0.3) is 5.65 Å². The van der Waals surface area contributed by atoms with Gasteiger partial charge in [-0.1, -0.05) is 30.7 Å². The minimum atomic E-state index is -0.475. The fourth-order valence-electron chi connectivity index (χ4n) is 3.74. The van der Waals surface area contributed by atoms with E-state index in [2.05, 4.69) is 15.5 Å². The van der Waals surface area contributed by atoms with Crippen LogP contribution in [0.4, 0.5) is 0 Å². The lowest BCUT2D eigenvalue weighted by atomic mass is 10.1. The number of fused-ring (bicyclic) bond motifs is 2. The predicted octanol–water partition coefficient (Wildman–Crippen LogP) is 2.60. The Labute approximate surface area is 169 Å². The van der Waals surface area contributed by atoms with Crippen LogP contribution in [0.5, 0.6) is 0 Å². The zero-order chi connectivity index (χ0) is 20.2. The minimum absolute atomic E-state index is 0.0659. The van der Waals surface area contributed by atoms with Crippen LogP contribution in [0.1, 0.15) is 47.9 Å². The van der Waals surface area contributed by atoms with Crippen LogP contribution in [-0.2, 0) is 17.8 Å². The van der Waals surface area contributed by atoms with Gasteiger partial charge in [0.25, 0.3) is 5.91 Å². The van der Waals surface area contributed by atoms with E-state index in [0.29, 0.717) is 18.7 Å². The number of carbonyl (C=O) groups is 2. The Bertz CT molecular complexity index is 1030. The normalized spacial score (nSPS) is 14.2. The summed E-state index contributed by atoms with van der Waals surface area (Å²) in [6.07, 6.45) is 5.70. The van der Waals surface area contributed by atoms with Crippen LogP contribution in [0.2, 0.25) is 0 Å². The van der Waals surface area contributed by atoms with E-state index >= 15 is 0 Å². The van der Waals surface area contributed by atoms with Crippen molar-refractivity contribution in [2.75, 3.05) is 6.54 Å². The molecule has 0 saturated carbocycles. The molecule has 1 atom stereocenters. The minimum Gasteiger partial charge on any atom is -0.354 e. The van der Waals surface area contributed by atoms with Crippen molar-refractivity contribution in [2.45, 2.75) is 45.2 Å². The maximum Gasteiger partial charge on any atom is 0.255 e. The molecule has 0 bridgehead atoms. The lowest BCUT2D eigenvalue weighted by Gasteiger charge is -2.23. The molecule has 0 unspecified atom stereocenters. The summed E-state index contributed by atoms with van der Waals surface area (Å²) in [6, 6.07) is 12.9. The number of hydrogen-bond donors (Lipinski definition) is 1. The van der Waals surface area contributed by atoms with E-state index < -0.39 is 6.04 Å². The van der Waals surface area contributed by atoms with Gasteiger partial charge in [-0.3, -0.25) is 14.0 Å². The summed E-state index contributed by atoms with van der Waals surface area (Å²) in [4.78, 5) is 26.6. The number of carbonyl (C=O) groups excluding carboxylic acids is 2. The van der Waals surface area contributed by atoms with Crippen molar-refractivity contribution in [3.05, 3.63) is 65.6 Å². The summed E-state index contributed by atoms with van der Waals surface area (Å²) in [7, 11) is 0. The van der Waals surface area contributed by atoms with E-state index in [-0.39, 0.29) is 11.8 Å². The van der Waals surface area contributed by atoms with Crippen LogP contribution in [0.3, 0.4) is 0 Å². The topological polar surface area (TPSA) is 79.6 Å². The first-order valence-corrected chi connectivity index (χ1v) is 10.1. The lowest BCUT2D eigenvalue weighted by molar-refractivity contribution is -0.125. The molecule has 1 aliphatic heterocycles. The number of hydrogen-bond acceptors (Lipinski definition) is 4. The second-order valence-corrected chi connectivity index (χ2v) is 7.41. The van der Waals surface area contributed by atoms with E-state index in [1.807, 2.05) is 53.1 Å². The number of benzene rings is 1. The number of rotatable bonds is 8. The van der Waals surface area contributed by atoms with Gasteiger partial charge in [0.05, 0.1) is 0 Å². The Hall–Kier alpha value is -3.22. The van der Waals surface area contributed by atoms with Gasteiger partial charge in [0, 0.05) is 31.3 Å². The first-order chi connectivity index (χ1) is 14.1. The van der Waals surface area contributed by atoms with Crippen molar-refractivity contribution in [1.29, 1.82) is 0 Å². The molecule has 3 aromatic rings. The molecule has 0 fully saturated rings. The molecule has 7 heteroatoms. The molecule has 0 radical (unpaired) electrons. The lowest BCUT2D eigenvalue weighted by Crippen LogP contribution is -2.45. The van der Waals surface area contributed by atoms with Crippen molar-refractivity contribution >= 4 is 17.5 Å². The highest BCUT2D eigenvalue weighted by Gasteiger charge is 2.33. The van der Waals surface area contributed by atoms with Gasteiger partial charge in [-0.15, -0.1) is 10.2 Å². The average Bonchev–Trinajstić information content (AvgIpc) is 3.31. The van der Waals surface area contributed by atoms with Crippen molar-refractivity contribution < 1.29 is 9.59 Å². The standard InChI is InChI=1S/C22H25N5O2/c1-16(27-15-17-9-4-5-10-18(17)22(27)29)21(28)23-13-7-2-3-11-19-24-25-20-12-6-8-14-26(19)20/h4-6,8-10,12,14,16H,2-3,7,11,13,15H2,1H3,(H,23,28)/t16-/m0/s1. The highest BCUT2D eigenvalue weighted by Crippen LogP contribution is 2.24. The number of amides is 2. The molecule has 0 saturated heterocycles. The van der Waals surface area contributed by atoms with Crippen LogP contribution < -0.4 is 5.32 Å². The molecule has 0 aliphatic carbocycles. The largest absolute Gasteiger partial charge is 0.354 e. The molecule has 3 heterocycles. The fraction of sp³-hybridized carbons (Fsp3) is 0.364. The monoisotopic (exact) mass is 391 g/mol. The summed E-state index contributed by atoms with van der Waals surface area (Å²) in [5, 5.41) is 11.4. The zero-order valence-electron chi connectivity index (χ0n) is 16.5. The van der Waals surface area contributed by atoms with E-state index in [1.165, 1.54) is 0 Å². The van der Waals surface area contributed by atoms with Crippen LogP contribution in [-0.4, -0.2) is 43.9 Å². The molecule has 1 aliphatic rings. The van der Waals surface area contributed by atoms with Gasteiger partial charge in [-0.25, -0.2) is 0 Å². The molecule has 1 N–H and O–H groups in total.